The molecule has 0 aromatic heterocycles. The van der Waals surface area contributed by atoms with Crippen molar-refractivity contribution >= 4 is 5.91 Å². The first kappa shape index (κ1) is 6.51. The topological polar surface area (TPSA) is 64.3 Å². The monoisotopic (exact) mass is 130 g/mol. The molecule has 1 aliphatic heterocycles. The lowest BCUT2D eigenvalue weighted by molar-refractivity contribution is -0.127. The van der Waals surface area contributed by atoms with Gasteiger partial charge in [0, 0.05) is 6.54 Å². The predicted octanol–water partition coefficient (Wildman–Crippen LogP) is -1.19. The summed E-state index contributed by atoms with van der Waals surface area (Å²) >= 11 is 0. The molecule has 1 amide bonds. The highest BCUT2D eigenvalue weighted by molar-refractivity contribution is 5.79. The maximum Gasteiger partial charge on any atom is 0.247 e. The number of nitrogens with two attached hydrogens (primary N) is 1. The summed E-state index contributed by atoms with van der Waals surface area (Å²) in [5.41, 5.74) is 4.96. The van der Waals surface area contributed by atoms with E-state index in [9.17, 15) is 4.79 Å². The van der Waals surface area contributed by atoms with Crippen molar-refractivity contribution in [3.05, 3.63) is 0 Å². The fraction of sp³-hybridized carbons (Fsp3) is 0.800. The maximum absolute atomic E-state index is 10.4. The van der Waals surface area contributed by atoms with Crippen molar-refractivity contribution in [1.82, 2.24) is 5.32 Å². The molecule has 4 heteroatoms. The molecule has 9 heavy (non-hydrogen) atoms. The van der Waals surface area contributed by atoms with Crippen molar-refractivity contribution in [3.8, 4) is 0 Å². The number of rotatable bonds is 1. The summed E-state index contributed by atoms with van der Waals surface area (Å²) in [5.74, 6) is -0.396. The molecule has 1 saturated heterocycles. The minimum Gasteiger partial charge on any atom is -0.367 e. The number of carbonyl (C=O) groups is 1. The molecule has 0 spiro atoms. The molecule has 0 unspecified atom stereocenters. The summed E-state index contributed by atoms with van der Waals surface area (Å²) in [4.78, 5) is 10.4. The normalized spacial score (nSPS) is 34.8. The van der Waals surface area contributed by atoms with E-state index in [1.807, 2.05) is 6.92 Å². The van der Waals surface area contributed by atoms with Crippen molar-refractivity contribution in [2.75, 3.05) is 6.54 Å². The van der Waals surface area contributed by atoms with Gasteiger partial charge in [-0.15, -0.1) is 0 Å². The van der Waals surface area contributed by atoms with Gasteiger partial charge >= 0.3 is 0 Å². The van der Waals surface area contributed by atoms with Gasteiger partial charge in [0.05, 0.1) is 0 Å². The van der Waals surface area contributed by atoms with Crippen molar-refractivity contribution in [2.24, 2.45) is 5.73 Å². The first-order chi connectivity index (χ1) is 4.20. The van der Waals surface area contributed by atoms with Crippen LogP contribution in [0, 0.1) is 0 Å². The highest BCUT2D eigenvalue weighted by Crippen LogP contribution is 2.01. The van der Waals surface area contributed by atoms with E-state index in [1.54, 1.807) is 0 Å². The van der Waals surface area contributed by atoms with Crippen molar-refractivity contribution in [2.45, 2.75) is 19.3 Å². The van der Waals surface area contributed by atoms with Crippen LogP contribution < -0.4 is 11.1 Å². The molecule has 0 aromatic rings. The number of hydrogen-bond acceptors (Lipinski definition) is 3. The van der Waals surface area contributed by atoms with Gasteiger partial charge in [-0.1, -0.05) is 0 Å². The molecule has 0 aliphatic carbocycles. The van der Waals surface area contributed by atoms with Crippen LogP contribution in [0.2, 0.25) is 0 Å². The molecule has 0 saturated carbocycles. The lowest BCUT2D eigenvalue weighted by atomic mass is 10.3. The zero-order valence-electron chi connectivity index (χ0n) is 5.26. The Bertz CT molecular complexity index is 126. The van der Waals surface area contributed by atoms with E-state index in [-0.39, 0.29) is 6.23 Å². The van der Waals surface area contributed by atoms with Gasteiger partial charge in [0.2, 0.25) is 5.91 Å². The van der Waals surface area contributed by atoms with Gasteiger partial charge in [-0.25, -0.2) is 0 Å². The van der Waals surface area contributed by atoms with Crippen LogP contribution in [-0.2, 0) is 9.53 Å². The Hall–Kier alpha value is -0.610. The van der Waals surface area contributed by atoms with Crippen LogP contribution in [0.3, 0.4) is 0 Å². The summed E-state index contributed by atoms with van der Waals surface area (Å²) in [7, 11) is 0. The number of nitrogens with one attached hydrogen (secondary N) is 1. The van der Waals surface area contributed by atoms with E-state index in [4.69, 9.17) is 10.5 Å². The van der Waals surface area contributed by atoms with Gasteiger partial charge in [-0.3, -0.25) is 10.1 Å². The Morgan fingerprint density at radius 1 is 1.89 bits per heavy atom. The summed E-state index contributed by atoms with van der Waals surface area (Å²) in [6.45, 7) is 2.37. The van der Waals surface area contributed by atoms with Crippen LogP contribution >= 0.6 is 0 Å². The van der Waals surface area contributed by atoms with Crippen molar-refractivity contribution in [1.29, 1.82) is 0 Å². The number of ether oxygens (including phenoxy) is 1. The van der Waals surface area contributed by atoms with E-state index in [1.165, 1.54) is 0 Å². The van der Waals surface area contributed by atoms with Crippen LogP contribution in [0.15, 0.2) is 0 Å². The standard InChI is InChI=1S/C5H10N2O2/c1-3-7-2-4(9-3)5(6)8/h3-4,7H,2H2,1H3,(H2,6,8)/t3-,4+/m0/s1. The third-order valence-corrected chi connectivity index (χ3v) is 1.28. The third-order valence-electron chi connectivity index (χ3n) is 1.28. The van der Waals surface area contributed by atoms with E-state index >= 15 is 0 Å². The third kappa shape index (κ3) is 1.40. The molecule has 1 fully saturated rings. The van der Waals surface area contributed by atoms with Crippen LogP contribution in [0.4, 0.5) is 0 Å². The minimum atomic E-state index is -0.431. The summed E-state index contributed by atoms with van der Waals surface area (Å²) in [5, 5.41) is 2.93. The molecule has 1 rings (SSSR count). The molecule has 52 valence electrons. The highest BCUT2D eigenvalue weighted by Gasteiger charge is 2.24. The first-order valence-corrected chi connectivity index (χ1v) is 2.88. The van der Waals surface area contributed by atoms with E-state index in [2.05, 4.69) is 5.32 Å². The minimum absolute atomic E-state index is 0.0394. The number of hydrogen-bond donors (Lipinski definition) is 2. The maximum atomic E-state index is 10.4. The van der Waals surface area contributed by atoms with Crippen LogP contribution in [0.1, 0.15) is 6.92 Å². The lowest BCUT2D eigenvalue weighted by Crippen LogP contribution is -2.31. The van der Waals surface area contributed by atoms with Gasteiger partial charge in [0.25, 0.3) is 0 Å². The van der Waals surface area contributed by atoms with Gasteiger partial charge in [-0.2, -0.15) is 0 Å². The average Bonchev–Trinajstić information content (AvgIpc) is 2.14. The van der Waals surface area contributed by atoms with E-state index in [0.29, 0.717) is 6.54 Å². The molecule has 4 nitrogen and oxygen atoms in total. The molecule has 0 aromatic carbocycles. The van der Waals surface area contributed by atoms with Crippen LogP contribution in [0.5, 0.6) is 0 Å². The van der Waals surface area contributed by atoms with Gasteiger partial charge in [0.1, 0.15) is 6.23 Å². The molecule has 0 bridgehead atoms. The fourth-order valence-corrected chi connectivity index (χ4v) is 0.783. The molecular formula is C5H10N2O2. The van der Waals surface area contributed by atoms with Gasteiger partial charge in [-0.05, 0) is 6.92 Å². The second-order valence-electron chi connectivity index (χ2n) is 2.08. The second kappa shape index (κ2) is 2.33. The fourth-order valence-electron chi connectivity index (χ4n) is 0.783. The van der Waals surface area contributed by atoms with Crippen LogP contribution in [-0.4, -0.2) is 24.8 Å². The van der Waals surface area contributed by atoms with Gasteiger partial charge < -0.3 is 10.5 Å². The average molecular weight is 130 g/mol. The highest BCUT2D eigenvalue weighted by atomic mass is 16.5. The van der Waals surface area contributed by atoms with Gasteiger partial charge in [0.15, 0.2) is 6.10 Å². The number of amides is 1. The number of primary amides is 1. The molecule has 1 heterocycles. The molecular weight excluding hydrogens is 120 g/mol. The Balaban J connectivity index is 2.39. The molecule has 0 radical (unpaired) electrons. The summed E-state index contributed by atoms with van der Waals surface area (Å²) in [6, 6.07) is 0. The second-order valence-corrected chi connectivity index (χ2v) is 2.08. The first-order valence-electron chi connectivity index (χ1n) is 2.88. The van der Waals surface area contributed by atoms with Crippen LogP contribution in [0.25, 0.3) is 0 Å². The lowest BCUT2D eigenvalue weighted by Gasteiger charge is -2.02. The molecule has 1 aliphatic rings. The smallest absolute Gasteiger partial charge is 0.247 e. The number of carbonyl (C=O) groups excluding carboxylic acids is 1. The quantitative estimate of drug-likeness (QED) is 0.469. The van der Waals surface area contributed by atoms with E-state index in [0.717, 1.165) is 0 Å². The molecule has 3 N–H and O–H groups in total. The largest absolute Gasteiger partial charge is 0.367 e. The summed E-state index contributed by atoms with van der Waals surface area (Å²) < 4.78 is 5.04. The zero-order chi connectivity index (χ0) is 6.85. The Labute approximate surface area is 53.4 Å². The zero-order valence-corrected chi connectivity index (χ0v) is 5.26. The Morgan fingerprint density at radius 2 is 2.56 bits per heavy atom. The Morgan fingerprint density at radius 3 is 2.78 bits per heavy atom. The Kier molecular flexibility index (Phi) is 1.68. The van der Waals surface area contributed by atoms with Crippen molar-refractivity contribution in [3.63, 3.8) is 0 Å². The SMILES string of the molecule is C[C@H]1NC[C@H](C(N)=O)O1. The predicted molar refractivity (Wildman–Crippen MR) is 31.5 cm³/mol. The summed E-state index contributed by atoms with van der Waals surface area (Å²) in [6.07, 6.45) is -0.470. The molecule has 2 atom stereocenters. The van der Waals surface area contributed by atoms with Crippen molar-refractivity contribution < 1.29 is 9.53 Å². The van der Waals surface area contributed by atoms with E-state index < -0.39 is 12.0 Å².